The van der Waals surface area contributed by atoms with E-state index in [0.717, 1.165) is 0 Å². The minimum absolute atomic E-state index is 0.190. The minimum Gasteiger partial charge on any atom is -0.457 e. The third kappa shape index (κ3) is 9.30. The van der Waals surface area contributed by atoms with Crippen molar-refractivity contribution >= 4 is 74.4 Å². The summed E-state index contributed by atoms with van der Waals surface area (Å²) in [5, 5.41) is 1.90. The SMILES string of the molecule is Cc1cc(COC(=O)OCc2cc(C)nc3cc(Cl)c(Oc4ccc(Oc5ccccc5)cc4)c(Cl)c23)c2c(Cl)c(Oc3ccc(Oc4ccccc4)cc3)c(Cl)cc2n1. The van der Waals surface area contributed by atoms with Gasteiger partial charge in [0.2, 0.25) is 0 Å². The standard InChI is InChI=1S/C47H32Cl4N2O7/c1-27-21-29(41-39(52-27)23-37(48)45(43(41)50)59-35-17-13-33(14-18-35)57-31-9-5-3-6-10-31)25-55-47(54)56-26-30-22-28(2)53-40-24-38(49)46(44(51)42(30)40)60-36-19-15-34(16-20-36)58-32-11-7-4-8-12-32/h3-24H,25-26H2,1-2H3. The summed E-state index contributed by atoms with van der Waals surface area (Å²) >= 11 is 27.3. The molecule has 0 atom stereocenters. The molecule has 13 heteroatoms. The van der Waals surface area contributed by atoms with Crippen molar-refractivity contribution in [2.45, 2.75) is 27.1 Å². The van der Waals surface area contributed by atoms with Gasteiger partial charge in [0.15, 0.2) is 11.5 Å². The number of hydrogen-bond donors (Lipinski definition) is 0. The van der Waals surface area contributed by atoms with Crippen molar-refractivity contribution in [2.24, 2.45) is 0 Å². The second-order valence-corrected chi connectivity index (χ2v) is 15.0. The van der Waals surface area contributed by atoms with Crippen LogP contribution in [0.1, 0.15) is 22.5 Å². The van der Waals surface area contributed by atoms with E-state index in [1.54, 1.807) is 72.8 Å². The lowest BCUT2D eigenvalue weighted by molar-refractivity contribution is 0.0451. The van der Waals surface area contributed by atoms with Gasteiger partial charge >= 0.3 is 6.16 Å². The Balaban J connectivity index is 0.968. The van der Waals surface area contributed by atoms with E-state index in [4.69, 9.17) is 74.8 Å². The Morgan fingerprint density at radius 3 is 1.17 bits per heavy atom. The highest BCUT2D eigenvalue weighted by Gasteiger charge is 2.21. The number of benzene rings is 6. The van der Waals surface area contributed by atoms with Crippen molar-refractivity contribution in [1.29, 1.82) is 0 Å². The third-order valence-electron chi connectivity index (χ3n) is 9.05. The summed E-state index contributed by atoms with van der Waals surface area (Å²) in [5.41, 5.74) is 3.44. The van der Waals surface area contributed by atoms with E-state index in [1.165, 1.54) is 0 Å². The summed E-state index contributed by atoms with van der Waals surface area (Å²) in [4.78, 5) is 22.4. The fourth-order valence-corrected chi connectivity index (χ4v) is 7.71. The highest BCUT2D eigenvalue weighted by Crippen LogP contribution is 2.45. The van der Waals surface area contributed by atoms with Crippen LogP contribution >= 0.6 is 46.4 Å². The predicted octanol–water partition coefficient (Wildman–Crippen LogP) is 15.0. The number of fused-ring (bicyclic) bond motifs is 2. The van der Waals surface area contributed by atoms with Crippen LogP contribution in [0.15, 0.2) is 133 Å². The second kappa shape index (κ2) is 17.9. The summed E-state index contributed by atoms with van der Waals surface area (Å²) < 4.78 is 35.3. The molecule has 0 bridgehead atoms. The number of aryl methyl sites for hydroxylation is 2. The molecule has 0 spiro atoms. The molecule has 2 aromatic heterocycles. The van der Waals surface area contributed by atoms with Gasteiger partial charge in [-0.3, -0.25) is 9.97 Å². The molecule has 8 rings (SSSR count). The lowest BCUT2D eigenvalue weighted by Gasteiger charge is -2.16. The molecule has 0 aliphatic rings. The van der Waals surface area contributed by atoms with Crippen molar-refractivity contribution in [3.8, 4) is 46.0 Å². The van der Waals surface area contributed by atoms with Gasteiger partial charge in [-0.2, -0.15) is 0 Å². The first-order chi connectivity index (χ1) is 29.1. The van der Waals surface area contributed by atoms with Crippen LogP contribution in [0.25, 0.3) is 21.8 Å². The van der Waals surface area contributed by atoms with Crippen molar-refractivity contribution in [3.63, 3.8) is 0 Å². The quantitative estimate of drug-likeness (QED) is 0.111. The van der Waals surface area contributed by atoms with Crippen molar-refractivity contribution in [1.82, 2.24) is 9.97 Å². The Morgan fingerprint density at radius 2 is 0.800 bits per heavy atom. The van der Waals surface area contributed by atoms with E-state index >= 15 is 0 Å². The third-order valence-corrected chi connectivity index (χ3v) is 10.3. The number of hydrogen-bond acceptors (Lipinski definition) is 9. The number of nitrogens with zero attached hydrogens (tertiary/aromatic N) is 2. The van der Waals surface area contributed by atoms with Crippen LogP contribution in [0.2, 0.25) is 20.1 Å². The maximum atomic E-state index is 13.2. The number of para-hydroxylation sites is 2. The summed E-state index contributed by atoms with van der Waals surface area (Å²) in [7, 11) is 0. The first-order valence-corrected chi connectivity index (χ1v) is 20.0. The molecular formula is C47H32Cl4N2O7. The molecule has 0 aliphatic carbocycles. The molecule has 8 aromatic rings. The number of pyridine rings is 2. The van der Waals surface area contributed by atoms with Crippen LogP contribution in [0, 0.1) is 13.8 Å². The maximum Gasteiger partial charge on any atom is 0.508 e. The van der Waals surface area contributed by atoms with Gasteiger partial charge in [-0.15, -0.1) is 0 Å². The number of carbonyl (C=O) groups is 1. The smallest absolute Gasteiger partial charge is 0.457 e. The minimum atomic E-state index is -0.932. The number of halogens is 4. The normalized spacial score (nSPS) is 11.0. The summed E-state index contributed by atoms with van der Waals surface area (Å²) in [6.45, 7) is 3.25. The van der Waals surface area contributed by atoms with Crippen molar-refractivity contribution < 1.29 is 33.2 Å². The average molecular weight is 879 g/mol. The van der Waals surface area contributed by atoms with E-state index in [9.17, 15) is 4.79 Å². The van der Waals surface area contributed by atoms with Gasteiger partial charge in [0, 0.05) is 33.3 Å². The monoisotopic (exact) mass is 876 g/mol. The Hall–Kier alpha value is -6.23. The molecule has 0 amide bonds. The zero-order valence-electron chi connectivity index (χ0n) is 31.9. The topological polar surface area (TPSA) is 98.2 Å². The molecule has 0 fully saturated rings. The molecule has 0 aliphatic heterocycles. The zero-order valence-corrected chi connectivity index (χ0v) is 34.9. The second-order valence-electron chi connectivity index (χ2n) is 13.4. The molecule has 0 N–H and O–H groups in total. The van der Waals surface area contributed by atoms with Crippen molar-refractivity contribution in [3.05, 3.63) is 176 Å². The molecule has 0 saturated carbocycles. The number of ether oxygens (including phenoxy) is 6. The molecule has 0 unspecified atom stereocenters. The van der Waals surface area contributed by atoms with E-state index in [-0.39, 0.29) is 44.8 Å². The lowest BCUT2D eigenvalue weighted by atomic mass is 10.1. The maximum absolute atomic E-state index is 13.2. The number of aromatic nitrogens is 2. The van der Waals surface area contributed by atoms with Gasteiger partial charge < -0.3 is 28.4 Å². The Labute approximate surface area is 364 Å². The number of carbonyl (C=O) groups excluding carboxylic acids is 1. The Kier molecular flexibility index (Phi) is 12.1. The van der Waals surface area contributed by atoms with Crippen LogP contribution in [-0.2, 0) is 22.7 Å². The van der Waals surface area contributed by atoms with Crippen LogP contribution in [0.4, 0.5) is 4.79 Å². The fourth-order valence-electron chi connectivity index (χ4n) is 6.42. The van der Waals surface area contributed by atoms with E-state index in [1.807, 2.05) is 74.5 Å². The van der Waals surface area contributed by atoms with Gasteiger partial charge in [0.25, 0.3) is 0 Å². The predicted molar refractivity (Wildman–Crippen MR) is 234 cm³/mol. The summed E-state index contributed by atoms with van der Waals surface area (Å²) in [6.07, 6.45) is -0.932. The van der Waals surface area contributed by atoms with Crippen molar-refractivity contribution in [2.75, 3.05) is 0 Å². The summed E-state index contributed by atoms with van der Waals surface area (Å²) in [6, 6.07) is 39.8. The van der Waals surface area contributed by atoms with Crippen LogP contribution < -0.4 is 18.9 Å². The van der Waals surface area contributed by atoms with Crippen LogP contribution in [0.3, 0.4) is 0 Å². The molecule has 300 valence electrons. The highest BCUT2D eigenvalue weighted by molar-refractivity contribution is 6.42. The molecular weight excluding hydrogens is 846 g/mol. The van der Waals surface area contributed by atoms with Gasteiger partial charge in [-0.05, 0) is 111 Å². The first-order valence-electron chi connectivity index (χ1n) is 18.5. The van der Waals surface area contributed by atoms with Crippen LogP contribution in [0.5, 0.6) is 46.0 Å². The molecule has 9 nitrogen and oxygen atoms in total. The largest absolute Gasteiger partial charge is 0.508 e. The molecule has 60 heavy (non-hydrogen) atoms. The van der Waals surface area contributed by atoms with E-state index in [0.29, 0.717) is 78.8 Å². The van der Waals surface area contributed by atoms with Gasteiger partial charge in [0.05, 0.1) is 31.1 Å². The first kappa shape index (κ1) is 40.5. The van der Waals surface area contributed by atoms with E-state index in [2.05, 4.69) is 9.97 Å². The molecule has 0 radical (unpaired) electrons. The molecule has 2 heterocycles. The van der Waals surface area contributed by atoms with Crippen LogP contribution in [-0.4, -0.2) is 16.1 Å². The van der Waals surface area contributed by atoms with Gasteiger partial charge in [-0.25, -0.2) is 4.79 Å². The Bertz CT molecular complexity index is 2650. The molecule has 0 saturated heterocycles. The Morgan fingerprint density at radius 1 is 0.467 bits per heavy atom. The van der Waals surface area contributed by atoms with E-state index < -0.39 is 6.16 Å². The van der Waals surface area contributed by atoms with Gasteiger partial charge in [-0.1, -0.05) is 82.8 Å². The number of rotatable bonds is 12. The highest BCUT2D eigenvalue weighted by atomic mass is 35.5. The lowest BCUT2D eigenvalue weighted by Crippen LogP contribution is -2.09. The average Bonchev–Trinajstić information content (AvgIpc) is 3.23. The molecule has 6 aromatic carbocycles. The zero-order chi connectivity index (χ0) is 41.8. The summed E-state index contributed by atoms with van der Waals surface area (Å²) in [5.74, 6) is 4.04. The van der Waals surface area contributed by atoms with Gasteiger partial charge in [0.1, 0.15) is 47.7 Å². The fraction of sp³-hybridized carbons (Fsp3) is 0.0851.